The Morgan fingerprint density at radius 1 is 1.16 bits per heavy atom. The van der Waals surface area contributed by atoms with Crippen molar-refractivity contribution in [1.82, 2.24) is 9.61 Å². The molecule has 0 atom stereocenters. The van der Waals surface area contributed by atoms with Gasteiger partial charge in [-0.25, -0.2) is 9.31 Å². The maximum atomic E-state index is 10.7. The number of carboxylic acids is 1. The molecule has 3 rings (SSSR count). The van der Waals surface area contributed by atoms with Gasteiger partial charge in [0.15, 0.2) is 0 Å². The molecule has 9 nitrogen and oxygen atoms in total. The number of pyridine rings is 1. The monoisotopic (exact) mass is 435 g/mol. The lowest BCUT2D eigenvalue weighted by atomic mass is 10.0. The first kappa shape index (κ1) is 27.5. The second-order valence-corrected chi connectivity index (χ2v) is 5.69. The van der Waals surface area contributed by atoms with E-state index in [4.69, 9.17) is 20.7 Å². The molecule has 1 aromatic carbocycles. The molecule has 0 radical (unpaired) electrons. The van der Waals surface area contributed by atoms with Crippen LogP contribution in [0.25, 0.3) is 5.52 Å². The minimum Gasteiger partial charge on any atom is -0.508 e. The number of carboxylic acid groups (broad SMARTS) is 1. The minimum absolute atomic E-state index is 0.0483. The van der Waals surface area contributed by atoms with Crippen LogP contribution in [0.5, 0.6) is 17.4 Å². The van der Waals surface area contributed by atoms with Crippen molar-refractivity contribution < 1.29 is 30.0 Å². The second-order valence-electron chi connectivity index (χ2n) is 5.69. The van der Waals surface area contributed by atoms with Crippen LogP contribution in [0.2, 0.25) is 0 Å². The first-order valence-corrected chi connectivity index (χ1v) is 9.99. The first-order chi connectivity index (χ1) is 14.8. The first-order valence-electron chi connectivity index (χ1n) is 9.99. The lowest BCUT2D eigenvalue weighted by molar-refractivity contribution is 0.0692. The number of phenols is 2. The summed E-state index contributed by atoms with van der Waals surface area (Å²) >= 11 is 0. The molecule has 0 saturated heterocycles. The standard InChI is InChI=1S/C9H11N3O2.C9H10O4.2C2H6/c10-8-7-3-1-2-4-12(7)11-9(8)14-6-5-13;1-4-3-6(10)5(2)8(11)7(4)9(12)13;2*1-2/h1-4,13H,5-6,10H2;3,10-11H,1-2H3,(H,12,13);2*1-2H3. The van der Waals surface area contributed by atoms with Gasteiger partial charge in [0.25, 0.3) is 5.88 Å². The SMILES string of the molecule is CC.CC.Cc1cc(O)c(C)c(O)c1C(=O)O.Nc1c(OCCO)nn2ccccc12. The molecule has 0 aliphatic rings. The fourth-order valence-electron chi connectivity index (χ4n) is 2.40. The number of aliphatic hydroxyl groups excluding tert-OH is 1. The highest BCUT2D eigenvalue weighted by molar-refractivity contribution is 5.93. The van der Waals surface area contributed by atoms with Crippen LogP contribution in [0.3, 0.4) is 0 Å². The molecule has 3 aromatic rings. The maximum absolute atomic E-state index is 10.7. The summed E-state index contributed by atoms with van der Waals surface area (Å²) < 4.78 is 6.80. The summed E-state index contributed by atoms with van der Waals surface area (Å²) in [5.74, 6) is -1.30. The van der Waals surface area contributed by atoms with Gasteiger partial charge < -0.3 is 30.9 Å². The van der Waals surface area contributed by atoms with E-state index in [1.165, 1.54) is 19.9 Å². The summed E-state index contributed by atoms with van der Waals surface area (Å²) in [5, 5.41) is 40.0. The highest BCUT2D eigenvalue weighted by Crippen LogP contribution is 2.32. The van der Waals surface area contributed by atoms with Crippen LogP contribution >= 0.6 is 0 Å². The third-order valence-corrected chi connectivity index (χ3v) is 3.81. The number of benzene rings is 1. The zero-order valence-electron chi connectivity index (χ0n) is 18.9. The Morgan fingerprint density at radius 2 is 1.77 bits per heavy atom. The highest BCUT2D eigenvalue weighted by Gasteiger charge is 2.17. The summed E-state index contributed by atoms with van der Waals surface area (Å²) in [7, 11) is 0. The number of fused-ring (bicyclic) bond motifs is 1. The Balaban J connectivity index is 0.000000502. The van der Waals surface area contributed by atoms with Crippen molar-refractivity contribution >= 4 is 17.2 Å². The van der Waals surface area contributed by atoms with Crippen molar-refractivity contribution in [2.24, 2.45) is 0 Å². The number of aromatic hydroxyl groups is 2. The third-order valence-electron chi connectivity index (χ3n) is 3.81. The van der Waals surface area contributed by atoms with Crippen LogP contribution in [-0.2, 0) is 0 Å². The molecule has 0 saturated carbocycles. The molecule has 0 bridgehead atoms. The Kier molecular flexibility index (Phi) is 12.2. The maximum Gasteiger partial charge on any atom is 0.339 e. The Morgan fingerprint density at radius 3 is 2.29 bits per heavy atom. The molecule has 0 aliphatic heterocycles. The van der Waals surface area contributed by atoms with Gasteiger partial charge in [0.2, 0.25) is 0 Å². The number of nitrogens with two attached hydrogens (primary N) is 1. The quantitative estimate of drug-likeness (QED) is 0.416. The Bertz CT molecular complexity index is 970. The molecule has 2 heterocycles. The van der Waals surface area contributed by atoms with Gasteiger partial charge in [-0.1, -0.05) is 33.8 Å². The van der Waals surface area contributed by atoms with E-state index in [1.807, 2.05) is 45.9 Å². The molecular formula is C22H33N3O6. The number of nitrogens with zero attached hydrogens (tertiary/aromatic N) is 2. The molecular weight excluding hydrogens is 402 g/mol. The summed E-state index contributed by atoms with van der Waals surface area (Å²) in [6.07, 6.45) is 1.79. The summed E-state index contributed by atoms with van der Waals surface area (Å²) in [4.78, 5) is 10.7. The van der Waals surface area contributed by atoms with Crippen molar-refractivity contribution in [2.75, 3.05) is 18.9 Å². The van der Waals surface area contributed by atoms with Crippen molar-refractivity contribution in [3.63, 3.8) is 0 Å². The zero-order valence-corrected chi connectivity index (χ0v) is 18.9. The van der Waals surface area contributed by atoms with Crippen LogP contribution in [0.15, 0.2) is 30.5 Å². The van der Waals surface area contributed by atoms with E-state index in [1.54, 1.807) is 10.7 Å². The molecule has 0 spiro atoms. The van der Waals surface area contributed by atoms with Gasteiger partial charge >= 0.3 is 5.97 Å². The number of hydrogen-bond donors (Lipinski definition) is 5. The smallest absolute Gasteiger partial charge is 0.339 e. The van der Waals surface area contributed by atoms with Gasteiger partial charge in [-0.3, -0.25) is 0 Å². The van der Waals surface area contributed by atoms with E-state index in [2.05, 4.69) is 5.10 Å². The van der Waals surface area contributed by atoms with Crippen LogP contribution in [0.4, 0.5) is 5.69 Å². The molecule has 2 aromatic heterocycles. The summed E-state index contributed by atoms with van der Waals surface area (Å²) in [5.41, 5.74) is 7.46. The average Bonchev–Trinajstić information content (AvgIpc) is 3.09. The molecule has 0 amide bonds. The number of aliphatic hydroxyl groups is 1. The predicted octanol–water partition coefficient (Wildman–Crippen LogP) is 3.75. The van der Waals surface area contributed by atoms with Crippen molar-refractivity contribution in [1.29, 1.82) is 0 Å². The van der Waals surface area contributed by atoms with Gasteiger partial charge in [0.1, 0.15) is 29.4 Å². The number of ether oxygens (including phenoxy) is 1. The van der Waals surface area contributed by atoms with E-state index >= 15 is 0 Å². The Labute approximate surface area is 182 Å². The van der Waals surface area contributed by atoms with E-state index in [9.17, 15) is 15.0 Å². The average molecular weight is 436 g/mol. The largest absolute Gasteiger partial charge is 0.508 e. The molecule has 0 aliphatic carbocycles. The van der Waals surface area contributed by atoms with Gasteiger partial charge in [-0.2, -0.15) is 0 Å². The second kappa shape index (κ2) is 13.7. The predicted molar refractivity (Wildman–Crippen MR) is 121 cm³/mol. The molecule has 0 fully saturated rings. The number of aromatic nitrogens is 2. The molecule has 6 N–H and O–H groups in total. The van der Waals surface area contributed by atoms with Gasteiger partial charge in [-0.15, -0.1) is 5.10 Å². The van der Waals surface area contributed by atoms with E-state index in [0.717, 1.165) is 5.52 Å². The van der Waals surface area contributed by atoms with Gasteiger partial charge in [0.05, 0.1) is 12.1 Å². The van der Waals surface area contributed by atoms with Gasteiger partial charge in [-0.05, 0) is 37.6 Å². The number of rotatable bonds is 4. The molecule has 0 unspecified atom stereocenters. The van der Waals surface area contributed by atoms with Gasteiger partial charge in [0, 0.05) is 11.8 Å². The summed E-state index contributed by atoms with van der Waals surface area (Å²) in [6, 6.07) is 6.91. The highest BCUT2D eigenvalue weighted by atomic mass is 16.5. The molecule has 172 valence electrons. The number of phenolic OH excluding ortho intramolecular Hbond substituents is 1. The van der Waals surface area contributed by atoms with E-state index < -0.39 is 5.97 Å². The zero-order chi connectivity index (χ0) is 24.1. The molecule has 31 heavy (non-hydrogen) atoms. The van der Waals surface area contributed by atoms with Crippen LogP contribution in [-0.4, -0.2) is 49.2 Å². The lowest BCUT2D eigenvalue weighted by Gasteiger charge is -2.08. The minimum atomic E-state index is -1.20. The topological polar surface area (TPSA) is 151 Å². The number of aryl methyl sites for hydroxylation is 1. The number of carbonyl (C=O) groups is 1. The van der Waals surface area contributed by atoms with Crippen molar-refractivity contribution in [3.8, 4) is 17.4 Å². The van der Waals surface area contributed by atoms with Crippen molar-refractivity contribution in [3.05, 3.63) is 47.2 Å². The number of nitrogen functional groups attached to an aromatic ring is 1. The summed E-state index contributed by atoms with van der Waals surface area (Å²) in [6.45, 7) is 11.1. The normalized spacial score (nSPS) is 9.39. The van der Waals surface area contributed by atoms with Crippen LogP contribution in [0, 0.1) is 13.8 Å². The number of aromatic carboxylic acids is 1. The van der Waals surface area contributed by atoms with Crippen molar-refractivity contribution in [2.45, 2.75) is 41.5 Å². The third kappa shape index (κ3) is 7.07. The van der Waals surface area contributed by atoms with E-state index in [-0.39, 0.29) is 35.8 Å². The van der Waals surface area contributed by atoms with Crippen LogP contribution in [0.1, 0.15) is 49.2 Å². The number of hydrogen-bond acceptors (Lipinski definition) is 7. The Hall–Kier alpha value is -3.46. The fourth-order valence-corrected chi connectivity index (χ4v) is 2.40. The number of anilines is 1. The molecule has 9 heteroatoms. The van der Waals surface area contributed by atoms with Crippen LogP contribution < -0.4 is 10.5 Å². The fraction of sp³-hybridized carbons (Fsp3) is 0.364. The van der Waals surface area contributed by atoms with E-state index in [0.29, 0.717) is 17.1 Å². The lowest BCUT2D eigenvalue weighted by Crippen LogP contribution is -2.03.